The Labute approximate surface area is 108 Å². The van der Waals surface area contributed by atoms with Crippen molar-refractivity contribution in [2.75, 3.05) is 6.54 Å². The van der Waals surface area contributed by atoms with Crippen LogP contribution in [0.1, 0.15) is 37.2 Å². The molecule has 1 fully saturated rings. The van der Waals surface area contributed by atoms with Gasteiger partial charge >= 0.3 is 0 Å². The smallest absolute Gasteiger partial charge is 0.0649 e. The Morgan fingerprint density at radius 2 is 1.94 bits per heavy atom. The van der Waals surface area contributed by atoms with Gasteiger partial charge in [0.15, 0.2) is 0 Å². The third-order valence-corrected chi connectivity index (χ3v) is 4.20. The van der Waals surface area contributed by atoms with E-state index in [1.165, 1.54) is 12.8 Å². The second kappa shape index (κ2) is 5.85. The fraction of sp³-hybridized carbons (Fsp3) is 0.571. The van der Waals surface area contributed by atoms with E-state index in [1.807, 2.05) is 24.3 Å². The van der Waals surface area contributed by atoms with Crippen LogP contribution in [-0.2, 0) is 0 Å². The largest absolute Gasteiger partial charge is 0.392 e. The summed E-state index contributed by atoms with van der Waals surface area (Å²) in [5.41, 5.74) is 6.81. The minimum absolute atomic E-state index is 0.0354. The number of aliphatic hydroxyl groups excluding tert-OH is 1. The zero-order valence-corrected chi connectivity index (χ0v) is 10.7. The first-order chi connectivity index (χ1) is 8.24. The molecule has 1 aliphatic rings. The van der Waals surface area contributed by atoms with Gasteiger partial charge in [0.25, 0.3) is 0 Å². The van der Waals surface area contributed by atoms with E-state index in [-0.39, 0.29) is 12.0 Å². The molecule has 0 radical (unpaired) electrons. The van der Waals surface area contributed by atoms with Crippen molar-refractivity contribution in [2.24, 2.45) is 11.7 Å². The number of hydrogen-bond donors (Lipinski definition) is 2. The molecule has 0 amide bonds. The van der Waals surface area contributed by atoms with E-state index in [4.69, 9.17) is 17.3 Å². The highest BCUT2D eigenvalue weighted by Crippen LogP contribution is 2.36. The Balaban J connectivity index is 2.18. The first-order valence-corrected chi connectivity index (χ1v) is 6.74. The Morgan fingerprint density at radius 3 is 2.53 bits per heavy atom. The van der Waals surface area contributed by atoms with Crippen molar-refractivity contribution in [3.05, 3.63) is 34.9 Å². The first kappa shape index (κ1) is 12.9. The molecule has 2 rings (SSSR count). The summed E-state index contributed by atoms with van der Waals surface area (Å²) in [6, 6.07) is 7.69. The molecule has 0 aromatic heterocycles. The third-order valence-electron chi connectivity index (χ3n) is 3.85. The van der Waals surface area contributed by atoms with E-state index < -0.39 is 0 Å². The van der Waals surface area contributed by atoms with E-state index in [9.17, 15) is 5.11 Å². The highest BCUT2D eigenvalue weighted by Gasteiger charge is 2.30. The van der Waals surface area contributed by atoms with Crippen molar-refractivity contribution >= 4 is 11.6 Å². The molecule has 3 N–H and O–H groups in total. The molecule has 0 aliphatic heterocycles. The maximum atomic E-state index is 10.4. The Morgan fingerprint density at radius 1 is 1.29 bits per heavy atom. The van der Waals surface area contributed by atoms with Crippen molar-refractivity contribution < 1.29 is 5.11 Å². The minimum atomic E-state index is -0.359. The summed E-state index contributed by atoms with van der Waals surface area (Å²) in [6.07, 6.45) is 4.32. The molecular weight excluding hydrogens is 234 g/mol. The minimum Gasteiger partial charge on any atom is -0.392 e. The normalized spacial score (nSPS) is 20.4. The van der Waals surface area contributed by atoms with Crippen LogP contribution in [0.2, 0.25) is 5.02 Å². The molecule has 2 nitrogen and oxygen atoms in total. The number of rotatable bonds is 4. The lowest BCUT2D eigenvalue weighted by Crippen LogP contribution is -2.31. The standard InChI is InChI=1S/C14H20ClNO/c15-13-8-4-3-7-11(13)12(9-16)14(17)10-5-1-2-6-10/h3-4,7-8,10,12,14,17H,1-2,5-6,9,16H2. The van der Waals surface area contributed by atoms with Gasteiger partial charge in [0.05, 0.1) is 6.10 Å². The number of halogens is 1. The summed E-state index contributed by atoms with van der Waals surface area (Å²) < 4.78 is 0. The van der Waals surface area contributed by atoms with Gasteiger partial charge in [-0.3, -0.25) is 0 Å². The van der Waals surface area contributed by atoms with Crippen LogP contribution in [0, 0.1) is 5.92 Å². The van der Waals surface area contributed by atoms with E-state index in [2.05, 4.69) is 0 Å². The molecule has 1 aromatic rings. The fourth-order valence-corrected chi connectivity index (χ4v) is 3.13. The molecule has 0 saturated heterocycles. The number of aliphatic hydroxyl groups is 1. The lowest BCUT2D eigenvalue weighted by molar-refractivity contribution is 0.0851. The SMILES string of the molecule is NCC(c1ccccc1Cl)C(O)C1CCCC1. The van der Waals surface area contributed by atoms with Crippen LogP contribution in [0.3, 0.4) is 0 Å². The third kappa shape index (κ3) is 2.82. The van der Waals surface area contributed by atoms with Crippen molar-refractivity contribution in [1.82, 2.24) is 0 Å². The van der Waals surface area contributed by atoms with Gasteiger partial charge < -0.3 is 10.8 Å². The molecule has 1 aromatic carbocycles. The van der Waals surface area contributed by atoms with Crippen molar-refractivity contribution in [2.45, 2.75) is 37.7 Å². The highest BCUT2D eigenvalue weighted by atomic mass is 35.5. The maximum absolute atomic E-state index is 10.4. The van der Waals surface area contributed by atoms with Gasteiger partial charge in [0.2, 0.25) is 0 Å². The van der Waals surface area contributed by atoms with Crippen LogP contribution >= 0.6 is 11.6 Å². The fourth-order valence-electron chi connectivity index (χ4n) is 2.85. The van der Waals surface area contributed by atoms with Gasteiger partial charge in [-0.05, 0) is 30.4 Å². The van der Waals surface area contributed by atoms with Gasteiger partial charge in [0, 0.05) is 17.5 Å². The van der Waals surface area contributed by atoms with Crippen LogP contribution in [-0.4, -0.2) is 17.8 Å². The molecule has 1 saturated carbocycles. The van der Waals surface area contributed by atoms with E-state index in [0.29, 0.717) is 17.5 Å². The van der Waals surface area contributed by atoms with Gasteiger partial charge in [-0.1, -0.05) is 42.6 Å². The molecule has 0 bridgehead atoms. The molecule has 2 unspecified atom stereocenters. The van der Waals surface area contributed by atoms with Gasteiger partial charge in [-0.25, -0.2) is 0 Å². The summed E-state index contributed by atoms with van der Waals surface area (Å²) >= 11 is 6.18. The Kier molecular flexibility index (Phi) is 4.43. The lowest BCUT2D eigenvalue weighted by Gasteiger charge is -2.27. The first-order valence-electron chi connectivity index (χ1n) is 6.36. The zero-order valence-electron chi connectivity index (χ0n) is 9.98. The second-order valence-electron chi connectivity index (χ2n) is 4.90. The quantitative estimate of drug-likeness (QED) is 0.867. The Hall–Kier alpha value is -0.570. The summed E-state index contributed by atoms with van der Waals surface area (Å²) in [7, 11) is 0. The molecule has 1 aliphatic carbocycles. The van der Waals surface area contributed by atoms with E-state index in [0.717, 1.165) is 18.4 Å². The number of hydrogen-bond acceptors (Lipinski definition) is 2. The zero-order chi connectivity index (χ0) is 12.3. The van der Waals surface area contributed by atoms with Crippen molar-refractivity contribution in [3.63, 3.8) is 0 Å². The molecule has 2 atom stereocenters. The lowest BCUT2D eigenvalue weighted by atomic mass is 9.85. The second-order valence-corrected chi connectivity index (χ2v) is 5.31. The molecule has 3 heteroatoms. The highest BCUT2D eigenvalue weighted by molar-refractivity contribution is 6.31. The van der Waals surface area contributed by atoms with Crippen LogP contribution < -0.4 is 5.73 Å². The summed E-state index contributed by atoms with van der Waals surface area (Å²) in [6.45, 7) is 0.446. The van der Waals surface area contributed by atoms with Crippen molar-refractivity contribution in [1.29, 1.82) is 0 Å². The van der Waals surface area contributed by atoms with Crippen LogP contribution in [0.4, 0.5) is 0 Å². The van der Waals surface area contributed by atoms with Gasteiger partial charge in [-0.2, -0.15) is 0 Å². The number of benzene rings is 1. The van der Waals surface area contributed by atoms with Crippen LogP contribution in [0.5, 0.6) is 0 Å². The summed E-state index contributed by atoms with van der Waals surface area (Å²) in [4.78, 5) is 0. The summed E-state index contributed by atoms with van der Waals surface area (Å²) in [5, 5.41) is 11.2. The van der Waals surface area contributed by atoms with Crippen molar-refractivity contribution in [3.8, 4) is 0 Å². The molecule has 0 heterocycles. The monoisotopic (exact) mass is 253 g/mol. The van der Waals surface area contributed by atoms with E-state index >= 15 is 0 Å². The van der Waals surface area contributed by atoms with Gasteiger partial charge in [-0.15, -0.1) is 0 Å². The summed E-state index contributed by atoms with van der Waals surface area (Å²) in [5.74, 6) is 0.353. The molecule has 0 spiro atoms. The molecule has 17 heavy (non-hydrogen) atoms. The van der Waals surface area contributed by atoms with Crippen LogP contribution in [0.15, 0.2) is 24.3 Å². The average Bonchev–Trinajstić information content (AvgIpc) is 2.86. The van der Waals surface area contributed by atoms with Crippen LogP contribution in [0.25, 0.3) is 0 Å². The number of nitrogens with two attached hydrogens (primary N) is 1. The predicted molar refractivity (Wildman–Crippen MR) is 71.2 cm³/mol. The molecule has 94 valence electrons. The molecular formula is C14H20ClNO. The van der Waals surface area contributed by atoms with E-state index in [1.54, 1.807) is 0 Å². The predicted octanol–water partition coefficient (Wildman–Crippen LogP) is 2.93. The average molecular weight is 254 g/mol. The Bertz CT molecular complexity index is 363. The topological polar surface area (TPSA) is 46.2 Å². The maximum Gasteiger partial charge on any atom is 0.0649 e. The van der Waals surface area contributed by atoms with Gasteiger partial charge in [0.1, 0.15) is 0 Å².